The molecule has 0 fully saturated rings. The number of nitro benzene ring substituents is 1. The van der Waals surface area contributed by atoms with E-state index in [0.29, 0.717) is 22.4 Å². The molecule has 0 aliphatic heterocycles. The van der Waals surface area contributed by atoms with Gasteiger partial charge in [0.1, 0.15) is 5.58 Å². The fraction of sp³-hybridized carbons (Fsp3) is 0. The predicted molar refractivity (Wildman–Crippen MR) is 120 cm³/mol. The molecule has 2 amide bonds. The first-order valence-electron chi connectivity index (χ1n) is 9.13. The van der Waals surface area contributed by atoms with Gasteiger partial charge in [0.2, 0.25) is 5.55 Å². The first-order valence-corrected chi connectivity index (χ1v) is 9.93. The molecule has 3 aromatic carbocycles. The quantitative estimate of drug-likeness (QED) is 0.301. The van der Waals surface area contributed by atoms with Gasteiger partial charge in [-0.25, -0.2) is 10.2 Å². The molecule has 0 unspecified atom stereocenters. The van der Waals surface area contributed by atoms with Crippen molar-refractivity contribution in [2.24, 2.45) is 5.10 Å². The molecule has 0 atom stereocenters. The van der Waals surface area contributed by atoms with Gasteiger partial charge < -0.3 is 9.73 Å². The normalized spacial score (nSPS) is 11.3. The summed E-state index contributed by atoms with van der Waals surface area (Å²) in [5, 5.41) is 18.6. The van der Waals surface area contributed by atoms with Crippen molar-refractivity contribution in [3.63, 3.8) is 0 Å². The van der Waals surface area contributed by atoms with E-state index in [1.165, 1.54) is 12.1 Å². The molecule has 0 radical (unpaired) electrons. The standard InChI is InChI=1S/C22H15BrN4O4/c23-16-8-11-20-15(12-16)13-19(14-6-9-18(10-7-14)27(29)30)21(31-20)25-26-22(28)24-17-4-2-1-3-5-17/h1-13H,(H2,24,26,28)/b25-21+. The van der Waals surface area contributed by atoms with Crippen molar-refractivity contribution in [3.05, 3.63) is 99.0 Å². The molecule has 31 heavy (non-hydrogen) atoms. The van der Waals surface area contributed by atoms with Crippen LogP contribution in [0.25, 0.3) is 22.1 Å². The first kappa shape index (κ1) is 20.3. The fourth-order valence-electron chi connectivity index (χ4n) is 2.94. The molecule has 0 saturated heterocycles. The smallest absolute Gasteiger partial charge is 0.339 e. The molecule has 8 nitrogen and oxygen atoms in total. The van der Waals surface area contributed by atoms with Crippen molar-refractivity contribution < 1.29 is 14.1 Å². The summed E-state index contributed by atoms with van der Waals surface area (Å²) in [6, 6.07) is 21.8. The molecule has 1 aromatic heterocycles. The maximum absolute atomic E-state index is 12.2. The Balaban J connectivity index is 1.74. The second kappa shape index (κ2) is 8.80. The SMILES string of the molecule is O=C(N/N=c1/oc2ccc(Br)cc2cc1-c1ccc([N+](=O)[O-])cc1)Nc1ccccc1. The van der Waals surface area contributed by atoms with Gasteiger partial charge in [0.15, 0.2) is 0 Å². The number of urea groups is 1. The van der Waals surface area contributed by atoms with Crippen LogP contribution in [0.3, 0.4) is 0 Å². The Morgan fingerprint density at radius 3 is 2.45 bits per heavy atom. The fourth-order valence-corrected chi connectivity index (χ4v) is 3.31. The third-order valence-corrected chi connectivity index (χ3v) is 4.88. The number of nitrogens with one attached hydrogen (secondary N) is 2. The van der Waals surface area contributed by atoms with E-state index in [1.807, 2.05) is 24.3 Å². The highest BCUT2D eigenvalue weighted by Crippen LogP contribution is 2.25. The summed E-state index contributed by atoms with van der Waals surface area (Å²) in [6.45, 7) is 0. The van der Waals surface area contributed by atoms with Crippen molar-refractivity contribution in [3.8, 4) is 11.1 Å². The number of carbonyl (C=O) groups excluding carboxylic acids is 1. The minimum Gasteiger partial charge on any atom is -0.436 e. The minimum absolute atomic E-state index is 0.0249. The number of hydrogen-bond acceptors (Lipinski definition) is 5. The Kier molecular flexibility index (Phi) is 5.76. The second-order valence-electron chi connectivity index (χ2n) is 6.50. The van der Waals surface area contributed by atoms with Gasteiger partial charge in [-0.05, 0) is 54.1 Å². The Morgan fingerprint density at radius 2 is 1.74 bits per heavy atom. The van der Waals surface area contributed by atoms with Crippen LogP contribution in [0.4, 0.5) is 16.2 Å². The molecule has 2 N–H and O–H groups in total. The Labute approximate surface area is 184 Å². The molecule has 0 saturated carbocycles. The highest BCUT2D eigenvalue weighted by molar-refractivity contribution is 9.10. The maximum atomic E-state index is 12.2. The first-order chi connectivity index (χ1) is 15.0. The van der Waals surface area contributed by atoms with Crippen molar-refractivity contribution in [2.45, 2.75) is 0 Å². The lowest BCUT2D eigenvalue weighted by Gasteiger charge is -2.07. The molecular weight excluding hydrogens is 464 g/mol. The molecular formula is C22H15BrN4O4. The molecule has 4 rings (SSSR count). The van der Waals surface area contributed by atoms with Crippen molar-refractivity contribution in [2.75, 3.05) is 5.32 Å². The van der Waals surface area contributed by atoms with Gasteiger partial charge in [-0.15, -0.1) is 5.10 Å². The number of halogens is 1. The number of non-ortho nitro benzene ring substituents is 1. The van der Waals surface area contributed by atoms with E-state index < -0.39 is 11.0 Å². The van der Waals surface area contributed by atoms with Crippen LogP contribution >= 0.6 is 15.9 Å². The number of rotatable bonds is 4. The summed E-state index contributed by atoms with van der Waals surface area (Å²) in [4.78, 5) is 22.7. The number of hydrogen-bond donors (Lipinski definition) is 2. The molecule has 154 valence electrons. The predicted octanol–water partition coefficient (Wildman–Crippen LogP) is 5.41. The van der Waals surface area contributed by atoms with Gasteiger partial charge >= 0.3 is 6.03 Å². The van der Waals surface area contributed by atoms with Crippen LogP contribution < -0.4 is 16.3 Å². The average molecular weight is 479 g/mol. The lowest BCUT2D eigenvalue weighted by atomic mass is 10.1. The van der Waals surface area contributed by atoms with Crippen molar-refractivity contribution in [1.29, 1.82) is 0 Å². The van der Waals surface area contributed by atoms with Crippen LogP contribution in [0.2, 0.25) is 0 Å². The Bertz CT molecular complexity index is 1340. The summed E-state index contributed by atoms with van der Waals surface area (Å²) in [5.74, 6) is 0. The number of para-hydroxylation sites is 1. The number of anilines is 1. The van der Waals surface area contributed by atoms with Gasteiger partial charge in [0.25, 0.3) is 5.69 Å². The Hall–Kier alpha value is -3.98. The zero-order chi connectivity index (χ0) is 21.8. The monoisotopic (exact) mass is 478 g/mol. The van der Waals surface area contributed by atoms with E-state index >= 15 is 0 Å². The third-order valence-electron chi connectivity index (χ3n) is 4.39. The minimum atomic E-state index is -0.535. The van der Waals surface area contributed by atoms with Gasteiger partial charge in [-0.3, -0.25) is 10.1 Å². The van der Waals surface area contributed by atoms with Gasteiger partial charge in [-0.2, -0.15) is 0 Å². The molecule has 1 heterocycles. The molecule has 4 aromatic rings. The van der Waals surface area contributed by atoms with E-state index in [1.54, 1.807) is 42.5 Å². The van der Waals surface area contributed by atoms with E-state index in [9.17, 15) is 14.9 Å². The van der Waals surface area contributed by atoms with Crippen molar-refractivity contribution in [1.82, 2.24) is 5.43 Å². The number of amides is 2. The second-order valence-corrected chi connectivity index (χ2v) is 7.41. The van der Waals surface area contributed by atoms with E-state index in [4.69, 9.17) is 4.42 Å². The zero-order valence-corrected chi connectivity index (χ0v) is 17.5. The van der Waals surface area contributed by atoms with Crippen LogP contribution in [0, 0.1) is 10.1 Å². The summed E-state index contributed by atoms with van der Waals surface area (Å²) in [7, 11) is 0. The molecule has 0 bridgehead atoms. The largest absolute Gasteiger partial charge is 0.436 e. The van der Waals surface area contributed by atoms with E-state index in [-0.39, 0.29) is 11.2 Å². The number of fused-ring (bicyclic) bond motifs is 1. The summed E-state index contributed by atoms with van der Waals surface area (Å²) >= 11 is 3.43. The van der Waals surface area contributed by atoms with Crippen LogP contribution in [0.15, 0.2) is 92.9 Å². The highest BCUT2D eigenvalue weighted by Gasteiger charge is 2.11. The number of nitro groups is 1. The van der Waals surface area contributed by atoms with Gasteiger partial charge in [0, 0.05) is 33.2 Å². The summed E-state index contributed by atoms with van der Waals surface area (Å²) < 4.78 is 6.79. The van der Waals surface area contributed by atoms with Crippen LogP contribution in [0.5, 0.6) is 0 Å². The average Bonchev–Trinajstić information content (AvgIpc) is 2.78. The third kappa shape index (κ3) is 4.78. The molecule has 9 heteroatoms. The molecule has 0 spiro atoms. The topological polar surface area (TPSA) is 110 Å². The van der Waals surface area contributed by atoms with E-state index in [0.717, 1.165) is 9.86 Å². The maximum Gasteiger partial charge on any atom is 0.339 e. The zero-order valence-electron chi connectivity index (χ0n) is 15.9. The van der Waals surface area contributed by atoms with Crippen LogP contribution in [-0.2, 0) is 0 Å². The molecule has 0 aliphatic rings. The van der Waals surface area contributed by atoms with E-state index in [2.05, 4.69) is 31.8 Å². The summed E-state index contributed by atoms with van der Waals surface area (Å²) in [5.41, 5.74) is 4.97. The van der Waals surface area contributed by atoms with Crippen LogP contribution in [-0.4, -0.2) is 11.0 Å². The number of carbonyl (C=O) groups is 1. The lowest BCUT2D eigenvalue weighted by molar-refractivity contribution is -0.384. The molecule has 0 aliphatic carbocycles. The lowest BCUT2D eigenvalue weighted by Crippen LogP contribution is -2.26. The highest BCUT2D eigenvalue weighted by atomic mass is 79.9. The number of benzene rings is 3. The Morgan fingerprint density at radius 1 is 1.00 bits per heavy atom. The van der Waals surface area contributed by atoms with Gasteiger partial charge in [-0.1, -0.05) is 34.1 Å². The van der Waals surface area contributed by atoms with Crippen LogP contribution in [0.1, 0.15) is 0 Å². The van der Waals surface area contributed by atoms with Gasteiger partial charge in [0.05, 0.1) is 4.92 Å². The number of nitrogens with zero attached hydrogens (tertiary/aromatic N) is 2. The summed E-state index contributed by atoms with van der Waals surface area (Å²) in [6.07, 6.45) is 0. The van der Waals surface area contributed by atoms with Crippen molar-refractivity contribution >= 4 is 44.3 Å².